The highest BCUT2D eigenvalue weighted by molar-refractivity contribution is 6.39. The Labute approximate surface area is 184 Å². The van der Waals surface area contributed by atoms with E-state index in [2.05, 4.69) is 22.2 Å². The SMILES string of the molecule is CC1CCC(c2ccc3c(c2)=CC(=O)N=3)N(C(=O)C(=O)Nc2cnc(N)c3c2COC3)C1. The summed E-state index contributed by atoms with van der Waals surface area (Å²) in [4.78, 5) is 47.5. The minimum atomic E-state index is -0.720. The summed E-state index contributed by atoms with van der Waals surface area (Å²) < 4.78 is 5.43. The molecule has 5 rings (SSSR count). The number of carbonyl (C=O) groups is 3. The molecule has 9 nitrogen and oxygen atoms in total. The standard InChI is InChI=1S/C23H23N5O4/c1-12-2-5-19(13-3-4-17-14(6-13)7-20(29)26-17)28(9-12)23(31)22(30)27-18-8-25-21(24)16-11-32-10-15(16)18/h3-4,6-8,12,19H,2,5,9-11H2,1H3,(H2,24,25)(H,27,30). The third-order valence-electron chi connectivity index (χ3n) is 6.29. The molecule has 1 saturated heterocycles. The Balaban J connectivity index is 1.41. The number of ether oxygens (including phenoxy) is 1. The van der Waals surface area contributed by atoms with Gasteiger partial charge in [-0.3, -0.25) is 14.4 Å². The molecule has 0 radical (unpaired) electrons. The third kappa shape index (κ3) is 3.54. The van der Waals surface area contributed by atoms with Gasteiger partial charge in [-0.15, -0.1) is 0 Å². The molecule has 164 valence electrons. The number of pyridine rings is 1. The summed E-state index contributed by atoms with van der Waals surface area (Å²) >= 11 is 0. The molecule has 1 aromatic carbocycles. The summed E-state index contributed by atoms with van der Waals surface area (Å²) in [5.41, 5.74) is 8.72. The van der Waals surface area contributed by atoms with E-state index >= 15 is 0 Å². The van der Waals surface area contributed by atoms with Gasteiger partial charge in [-0.25, -0.2) is 9.98 Å². The molecule has 3 amide bonds. The molecule has 32 heavy (non-hydrogen) atoms. The van der Waals surface area contributed by atoms with E-state index in [1.807, 2.05) is 12.1 Å². The molecule has 0 bridgehead atoms. The number of hydrogen-bond acceptors (Lipinski definition) is 6. The van der Waals surface area contributed by atoms with Crippen LogP contribution in [0.3, 0.4) is 0 Å². The van der Waals surface area contributed by atoms with Gasteiger partial charge in [-0.2, -0.15) is 0 Å². The highest BCUT2D eigenvalue weighted by Crippen LogP contribution is 2.34. The number of anilines is 2. The Kier molecular flexibility index (Phi) is 4.97. The fourth-order valence-corrected chi connectivity index (χ4v) is 4.61. The minimum absolute atomic E-state index is 0.252. The fraction of sp³-hybridized carbons (Fsp3) is 0.348. The summed E-state index contributed by atoms with van der Waals surface area (Å²) in [6, 6.07) is 5.30. The Morgan fingerprint density at radius 1 is 1.22 bits per heavy atom. The molecule has 1 aromatic heterocycles. The summed E-state index contributed by atoms with van der Waals surface area (Å²) in [7, 11) is 0. The van der Waals surface area contributed by atoms with E-state index in [0.717, 1.165) is 34.8 Å². The minimum Gasteiger partial charge on any atom is -0.383 e. The molecular formula is C23H23N5O4. The highest BCUT2D eigenvalue weighted by Gasteiger charge is 2.35. The Hall–Kier alpha value is -3.59. The van der Waals surface area contributed by atoms with Crippen LogP contribution in [0, 0.1) is 5.92 Å². The largest absolute Gasteiger partial charge is 0.383 e. The molecule has 3 aliphatic rings. The van der Waals surface area contributed by atoms with Crippen LogP contribution in [0.2, 0.25) is 0 Å². The molecule has 2 atom stereocenters. The maximum absolute atomic E-state index is 13.2. The van der Waals surface area contributed by atoms with Crippen molar-refractivity contribution in [1.29, 1.82) is 0 Å². The van der Waals surface area contributed by atoms with Crippen molar-refractivity contribution in [2.45, 2.75) is 39.0 Å². The van der Waals surface area contributed by atoms with Crippen molar-refractivity contribution in [2.75, 3.05) is 17.6 Å². The Morgan fingerprint density at radius 3 is 2.88 bits per heavy atom. The van der Waals surface area contributed by atoms with Crippen LogP contribution in [0.1, 0.15) is 42.5 Å². The second-order valence-electron chi connectivity index (χ2n) is 8.53. The van der Waals surface area contributed by atoms with Crippen LogP contribution in [-0.4, -0.2) is 34.2 Å². The van der Waals surface area contributed by atoms with Crippen molar-refractivity contribution in [1.82, 2.24) is 9.88 Å². The van der Waals surface area contributed by atoms with Gasteiger partial charge >= 0.3 is 11.8 Å². The number of fused-ring (bicyclic) bond motifs is 2. The zero-order valence-corrected chi connectivity index (χ0v) is 17.6. The van der Waals surface area contributed by atoms with Crippen molar-refractivity contribution in [3.63, 3.8) is 0 Å². The molecule has 2 unspecified atom stereocenters. The number of carbonyl (C=O) groups excluding carboxylic acids is 3. The number of nitrogens with zero attached hydrogens (tertiary/aromatic N) is 3. The first-order chi connectivity index (χ1) is 15.4. The molecule has 1 fully saturated rings. The van der Waals surface area contributed by atoms with Crippen LogP contribution < -0.4 is 21.6 Å². The van der Waals surface area contributed by atoms with E-state index in [0.29, 0.717) is 36.6 Å². The number of nitrogen functional groups attached to an aromatic ring is 1. The molecule has 0 spiro atoms. The zero-order valence-electron chi connectivity index (χ0n) is 17.6. The predicted octanol–water partition coefficient (Wildman–Crippen LogP) is 0.573. The van der Waals surface area contributed by atoms with Gasteiger partial charge in [0.25, 0.3) is 5.91 Å². The second kappa shape index (κ2) is 7.83. The van der Waals surface area contributed by atoms with Gasteiger partial charge in [0.2, 0.25) is 0 Å². The van der Waals surface area contributed by atoms with Gasteiger partial charge in [0, 0.05) is 29.0 Å². The number of amides is 3. The number of nitrogens with two attached hydrogens (primary N) is 1. The number of benzene rings is 1. The number of aromatic nitrogens is 1. The average molecular weight is 433 g/mol. The van der Waals surface area contributed by atoms with Crippen LogP contribution >= 0.6 is 0 Å². The van der Waals surface area contributed by atoms with Crippen molar-refractivity contribution < 1.29 is 19.1 Å². The molecular weight excluding hydrogens is 410 g/mol. The average Bonchev–Trinajstić information content (AvgIpc) is 3.41. The van der Waals surface area contributed by atoms with E-state index in [1.165, 1.54) is 12.3 Å². The van der Waals surface area contributed by atoms with E-state index in [1.54, 1.807) is 11.0 Å². The van der Waals surface area contributed by atoms with Crippen LogP contribution in [0.4, 0.5) is 11.5 Å². The molecule has 4 heterocycles. The fourth-order valence-electron chi connectivity index (χ4n) is 4.61. The van der Waals surface area contributed by atoms with Gasteiger partial charge in [-0.05, 0) is 36.5 Å². The first-order valence-corrected chi connectivity index (χ1v) is 10.6. The van der Waals surface area contributed by atoms with Gasteiger partial charge in [0.1, 0.15) is 5.82 Å². The lowest BCUT2D eigenvalue weighted by atomic mass is 9.89. The first kappa shape index (κ1) is 20.3. The van der Waals surface area contributed by atoms with Gasteiger partial charge in [0.15, 0.2) is 0 Å². The Bertz CT molecular complexity index is 1270. The normalized spacial score (nSPS) is 21.4. The van der Waals surface area contributed by atoms with Crippen molar-refractivity contribution in [2.24, 2.45) is 10.9 Å². The van der Waals surface area contributed by atoms with Crippen LogP contribution in [-0.2, 0) is 32.3 Å². The van der Waals surface area contributed by atoms with E-state index in [4.69, 9.17) is 10.5 Å². The van der Waals surface area contributed by atoms with Crippen LogP contribution in [0.25, 0.3) is 6.08 Å². The zero-order chi connectivity index (χ0) is 22.4. The lowest BCUT2D eigenvalue weighted by Crippen LogP contribution is -2.46. The number of rotatable bonds is 2. The summed E-state index contributed by atoms with van der Waals surface area (Å²) in [6.07, 6.45) is 4.62. The van der Waals surface area contributed by atoms with Crippen LogP contribution in [0.15, 0.2) is 29.4 Å². The van der Waals surface area contributed by atoms with Crippen molar-refractivity contribution in [3.8, 4) is 0 Å². The third-order valence-corrected chi connectivity index (χ3v) is 6.29. The quantitative estimate of drug-likeness (QED) is 0.667. The monoisotopic (exact) mass is 433 g/mol. The summed E-state index contributed by atoms with van der Waals surface area (Å²) in [6.45, 7) is 3.19. The summed E-state index contributed by atoms with van der Waals surface area (Å²) in [5.74, 6) is -0.962. The number of nitrogens with one attached hydrogen (secondary N) is 1. The summed E-state index contributed by atoms with van der Waals surface area (Å²) in [5, 5.41) is 4.08. The van der Waals surface area contributed by atoms with E-state index in [9.17, 15) is 14.4 Å². The molecule has 2 aromatic rings. The molecule has 3 aliphatic heterocycles. The number of likely N-dealkylation sites (tertiary alicyclic amines) is 1. The van der Waals surface area contributed by atoms with Gasteiger partial charge < -0.3 is 20.7 Å². The molecule has 0 saturated carbocycles. The predicted molar refractivity (Wildman–Crippen MR) is 115 cm³/mol. The molecule has 3 N–H and O–H groups in total. The van der Waals surface area contributed by atoms with Crippen molar-refractivity contribution in [3.05, 3.63) is 51.7 Å². The smallest absolute Gasteiger partial charge is 0.313 e. The van der Waals surface area contributed by atoms with Gasteiger partial charge in [0.05, 0.1) is 36.5 Å². The van der Waals surface area contributed by atoms with Crippen molar-refractivity contribution >= 4 is 35.3 Å². The maximum Gasteiger partial charge on any atom is 0.313 e. The first-order valence-electron chi connectivity index (χ1n) is 10.6. The topological polar surface area (TPSA) is 127 Å². The molecule has 0 aliphatic carbocycles. The van der Waals surface area contributed by atoms with E-state index in [-0.39, 0.29) is 17.9 Å². The Morgan fingerprint density at radius 2 is 2.03 bits per heavy atom. The van der Waals surface area contributed by atoms with Crippen LogP contribution in [0.5, 0.6) is 0 Å². The highest BCUT2D eigenvalue weighted by atomic mass is 16.5. The number of piperidine rings is 1. The number of hydrogen-bond donors (Lipinski definition) is 2. The second-order valence-corrected chi connectivity index (χ2v) is 8.53. The molecule has 9 heteroatoms. The van der Waals surface area contributed by atoms with Gasteiger partial charge in [-0.1, -0.05) is 13.0 Å². The lowest BCUT2D eigenvalue weighted by Gasteiger charge is -2.38. The van der Waals surface area contributed by atoms with E-state index < -0.39 is 11.8 Å². The maximum atomic E-state index is 13.2. The lowest BCUT2D eigenvalue weighted by molar-refractivity contribution is -0.146.